The molecule has 1 N–H and O–H groups in total. The molecule has 0 aliphatic rings. The normalized spacial score (nSPS) is 12.6. The maximum atomic E-state index is 12.9. The van der Waals surface area contributed by atoms with Crippen molar-refractivity contribution in [3.05, 3.63) is 65.5 Å². The fraction of sp³-hybridized carbons (Fsp3) is 0.278. The first-order valence-electron chi connectivity index (χ1n) is 7.62. The Kier molecular flexibility index (Phi) is 5.72. The molecule has 4 nitrogen and oxygen atoms in total. The fourth-order valence-electron chi connectivity index (χ4n) is 2.24. The molecule has 0 bridgehead atoms. The number of amides is 1. The van der Waals surface area contributed by atoms with E-state index < -0.39 is 9.84 Å². The average Bonchev–Trinajstić information content (AvgIpc) is 2.54. The summed E-state index contributed by atoms with van der Waals surface area (Å²) < 4.78 is 37.3. The van der Waals surface area contributed by atoms with Crippen molar-refractivity contribution in [1.82, 2.24) is 5.32 Å². The summed E-state index contributed by atoms with van der Waals surface area (Å²) in [5.74, 6) is -0.957. The summed E-state index contributed by atoms with van der Waals surface area (Å²) in [6.45, 7) is 3.64. The summed E-state index contributed by atoms with van der Waals surface area (Å²) in [7, 11) is -3.49. The number of halogens is 1. The van der Waals surface area contributed by atoms with E-state index in [-0.39, 0.29) is 34.8 Å². The van der Waals surface area contributed by atoms with Crippen molar-refractivity contribution in [1.29, 1.82) is 0 Å². The van der Waals surface area contributed by atoms with Crippen LogP contribution < -0.4 is 5.32 Å². The standard InChI is InChI=1S/C18H20FNO3S/c1-13-3-9-17(10-4-13)24(22,23)12-11-18(21)20-14(2)15-5-7-16(19)8-6-15/h3-10,14H,11-12H2,1-2H3,(H,20,21)/t14-/m1/s1. The molecule has 2 aromatic rings. The molecular formula is C18H20FNO3S. The fourth-order valence-corrected chi connectivity index (χ4v) is 3.48. The maximum Gasteiger partial charge on any atom is 0.221 e. The van der Waals surface area contributed by atoms with Crippen LogP contribution in [0.4, 0.5) is 4.39 Å². The van der Waals surface area contributed by atoms with Gasteiger partial charge in [-0.1, -0.05) is 29.8 Å². The molecule has 128 valence electrons. The van der Waals surface area contributed by atoms with Gasteiger partial charge in [-0.2, -0.15) is 0 Å². The molecule has 0 heterocycles. The number of rotatable bonds is 6. The third kappa shape index (κ3) is 4.89. The van der Waals surface area contributed by atoms with Gasteiger partial charge in [-0.3, -0.25) is 4.79 Å². The van der Waals surface area contributed by atoms with E-state index >= 15 is 0 Å². The van der Waals surface area contributed by atoms with Gasteiger partial charge < -0.3 is 5.32 Å². The first-order valence-corrected chi connectivity index (χ1v) is 9.27. The van der Waals surface area contributed by atoms with E-state index in [0.717, 1.165) is 11.1 Å². The van der Waals surface area contributed by atoms with E-state index in [4.69, 9.17) is 0 Å². The highest BCUT2D eigenvalue weighted by molar-refractivity contribution is 7.91. The largest absolute Gasteiger partial charge is 0.350 e. The summed E-state index contributed by atoms with van der Waals surface area (Å²) in [5.41, 5.74) is 1.73. The van der Waals surface area contributed by atoms with Crippen molar-refractivity contribution >= 4 is 15.7 Å². The van der Waals surface area contributed by atoms with Gasteiger partial charge in [0.25, 0.3) is 0 Å². The zero-order valence-electron chi connectivity index (χ0n) is 13.6. The minimum absolute atomic E-state index is 0.123. The van der Waals surface area contributed by atoms with E-state index in [9.17, 15) is 17.6 Å². The zero-order chi connectivity index (χ0) is 17.7. The van der Waals surface area contributed by atoms with Gasteiger partial charge in [0, 0.05) is 6.42 Å². The minimum Gasteiger partial charge on any atom is -0.350 e. The van der Waals surface area contributed by atoms with Crippen LogP contribution >= 0.6 is 0 Å². The lowest BCUT2D eigenvalue weighted by atomic mass is 10.1. The molecule has 2 rings (SSSR count). The van der Waals surface area contributed by atoms with Gasteiger partial charge in [-0.05, 0) is 43.7 Å². The number of benzene rings is 2. The molecule has 0 saturated heterocycles. The summed E-state index contributed by atoms with van der Waals surface area (Å²) >= 11 is 0. The molecule has 24 heavy (non-hydrogen) atoms. The molecule has 0 fully saturated rings. The molecule has 1 amide bonds. The van der Waals surface area contributed by atoms with Crippen molar-refractivity contribution in [3.63, 3.8) is 0 Å². The molecule has 0 unspecified atom stereocenters. The predicted molar refractivity (Wildman–Crippen MR) is 90.8 cm³/mol. The number of hydrogen-bond donors (Lipinski definition) is 1. The Bertz CT molecular complexity index is 799. The Morgan fingerprint density at radius 2 is 1.67 bits per heavy atom. The van der Waals surface area contributed by atoms with Crippen LogP contribution in [0.2, 0.25) is 0 Å². The summed E-state index contributed by atoms with van der Waals surface area (Å²) in [5, 5.41) is 2.72. The highest BCUT2D eigenvalue weighted by Gasteiger charge is 2.17. The Labute approximate surface area is 141 Å². The smallest absolute Gasteiger partial charge is 0.221 e. The van der Waals surface area contributed by atoms with E-state index in [0.29, 0.717) is 0 Å². The highest BCUT2D eigenvalue weighted by atomic mass is 32.2. The Balaban J connectivity index is 1.92. The minimum atomic E-state index is -3.49. The molecule has 6 heteroatoms. The van der Waals surface area contributed by atoms with Crippen molar-refractivity contribution in [3.8, 4) is 0 Å². The number of aryl methyl sites for hydroxylation is 1. The molecular weight excluding hydrogens is 329 g/mol. The summed E-state index contributed by atoms with van der Waals surface area (Å²) in [6.07, 6.45) is -0.123. The topological polar surface area (TPSA) is 63.2 Å². The van der Waals surface area contributed by atoms with Crippen molar-refractivity contribution < 1.29 is 17.6 Å². The third-order valence-electron chi connectivity index (χ3n) is 3.73. The van der Waals surface area contributed by atoms with Crippen LogP contribution in [0.1, 0.15) is 30.5 Å². The molecule has 1 atom stereocenters. The second-order valence-corrected chi connectivity index (χ2v) is 7.83. The van der Waals surface area contributed by atoms with Crippen LogP contribution in [0, 0.1) is 12.7 Å². The van der Waals surface area contributed by atoms with Gasteiger partial charge in [0.15, 0.2) is 9.84 Å². The molecule has 0 aliphatic heterocycles. The van der Waals surface area contributed by atoms with Crippen LogP contribution in [-0.4, -0.2) is 20.1 Å². The second kappa shape index (κ2) is 7.57. The lowest BCUT2D eigenvalue weighted by molar-refractivity contribution is -0.121. The maximum absolute atomic E-state index is 12.9. The Morgan fingerprint density at radius 3 is 2.25 bits per heavy atom. The first kappa shape index (κ1) is 18.1. The van der Waals surface area contributed by atoms with E-state index in [1.54, 1.807) is 43.3 Å². The number of nitrogens with one attached hydrogen (secondary N) is 1. The van der Waals surface area contributed by atoms with Crippen molar-refractivity contribution in [2.45, 2.75) is 31.2 Å². The van der Waals surface area contributed by atoms with Gasteiger partial charge in [0.1, 0.15) is 5.82 Å². The van der Waals surface area contributed by atoms with Crippen LogP contribution in [0.15, 0.2) is 53.4 Å². The number of carbonyl (C=O) groups excluding carboxylic acids is 1. The van der Waals surface area contributed by atoms with Crippen molar-refractivity contribution in [2.75, 3.05) is 5.75 Å². The van der Waals surface area contributed by atoms with Crippen LogP contribution in [0.5, 0.6) is 0 Å². The molecule has 0 saturated carbocycles. The van der Waals surface area contributed by atoms with E-state index in [1.165, 1.54) is 12.1 Å². The lowest BCUT2D eigenvalue weighted by Gasteiger charge is -2.14. The number of sulfone groups is 1. The molecule has 0 spiro atoms. The average molecular weight is 349 g/mol. The van der Waals surface area contributed by atoms with Crippen LogP contribution in [-0.2, 0) is 14.6 Å². The van der Waals surface area contributed by atoms with Gasteiger partial charge in [0.2, 0.25) is 5.91 Å². The highest BCUT2D eigenvalue weighted by Crippen LogP contribution is 2.15. The summed E-state index contributed by atoms with van der Waals surface area (Å²) in [6, 6.07) is 12.0. The molecule has 0 aliphatic carbocycles. The summed E-state index contributed by atoms with van der Waals surface area (Å²) in [4.78, 5) is 12.2. The first-order chi connectivity index (χ1) is 11.3. The third-order valence-corrected chi connectivity index (χ3v) is 5.46. The quantitative estimate of drug-likeness (QED) is 0.871. The predicted octanol–water partition coefficient (Wildman–Crippen LogP) is 3.18. The molecule has 0 radical (unpaired) electrons. The Hall–Kier alpha value is -2.21. The van der Waals surface area contributed by atoms with Gasteiger partial charge >= 0.3 is 0 Å². The van der Waals surface area contributed by atoms with Gasteiger partial charge in [-0.25, -0.2) is 12.8 Å². The van der Waals surface area contributed by atoms with E-state index in [2.05, 4.69) is 5.32 Å². The van der Waals surface area contributed by atoms with Gasteiger partial charge in [-0.15, -0.1) is 0 Å². The van der Waals surface area contributed by atoms with Crippen LogP contribution in [0.3, 0.4) is 0 Å². The number of carbonyl (C=O) groups is 1. The Morgan fingerprint density at radius 1 is 1.08 bits per heavy atom. The monoisotopic (exact) mass is 349 g/mol. The van der Waals surface area contributed by atoms with Crippen LogP contribution in [0.25, 0.3) is 0 Å². The van der Waals surface area contributed by atoms with Crippen molar-refractivity contribution in [2.24, 2.45) is 0 Å². The molecule has 2 aromatic carbocycles. The number of hydrogen-bond acceptors (Lipinski definition) is 3. The lowest BCUT2D eigenvalue weighted by Crippen LogP contribution is -2.28. The second-order valence-electron chi connectivity index (χ2n) is 5.72. The van der Waals surface area contributed by atoms with E-state index in [1.807, 2.05) is 6.92 Å². The SMILES string of the molecule is Cc1ccc(S(=O)(=O)CCC(=O)N[C@H](C)c2ccc(F)cc2)cc1. The van der Waals surface area contributed by atoms with Gasteiger partial charge in [0.05, 0.1) is 16.7 Å². The molecule has 0 aromatic heterocycles. The zero-order valence-corrected chi connectivity index (χ0v) is 14.4.